The van der Waals surface area contributed by atoms with E-state index in [1.54, 1.807) is 12.1 Å². The van der Waals surface area contributed by atoms with Gasteiger partial charge in [0.15, 0.2) is 9.84 Å². The number of aliphatic hydroxyl groups excluding tert-OH is 1. The summed E-state index contributed by atoms with van der Waals surface area (Å²) in [5, 5.41) is 12.3. The Kier molecular flexibility index (Phi) is 3.10. The van der Waals surface area contributed by atoms with Gasteiger partial charge in [-0.15, -0.1) is 0 Å². The van der Waals surface area contributed by atoms with Gasteiger partial charge in [-0.05, 0) is 24.6 Å². The first kappa shape index (κ1) is 11.7. The van der Waals surface area contributed by atoms with E-state index in [0.717, 1.165) is 0 Å². The molecule has 1 unspecified atom stereocenters. The van der Waals surface area contributed by atoms with Gasteiger partial charge in [0.05, 0.1) is 16.3 Å². The van der Waals surface area contributed by atoms with Gasteiger partial charge >= 0.3 is 0 Å². The number of hydrogen-bond donors (Lipinski definition) is 2. The van der Waals surface area contributed by atoms with Gasteiger partial charge < -0.3 is 10.4 Å². The third-order valence-corrected chi connectivity index (χ3v) is 4.62. The average molecular weight is 262 g/mol. The van der Waals surface area contributed by atoms with E-state index in [9.17, 15) is 8.42 Å². The molecule has 0 fully saturated rings. The van der Waals surface area contributed by atoms with Crippen LogP contribution in [0, 0.1) is 0 Å². The van der Waals surface area contributed by atoms with Crippen molar-refractivity contribution in [1.29, 1.82) is 0 Å². The number of nitrogens with one attached hydrogen (secondary N) is 1. The van der Waals surface area contributed by atoms with Crippen molar-refractivity contribution < 1.29 is 13.5 Å². The number of anilines is 1. The summed E-state index contributed by atoms with van der Waals surface area (Å²) in [7, 11) is -3.29. The Hall–Kier alpha value is -0.780. The van der Waals surface area contributed by atoms with Crippen LogP contribution in [0.15, 0.2) is 23.1 Å². The second kappa shape index (κ2) is 4.24. The number of sulfone groups is 1. The molecule has 1 aromatic carbocycles. The summed E-state index contributed by atoms with van der Waals surface area (Å²) in [6.07, 6.45) is 0.418. The highest BCUT2D eigenvalue weighted by molar-refractivity contribution is 7.91. The van der Waals surface area contributed by atoms with Gasteiger partial charge in [-0.1, -0.05) is 11.6 Å². The minimum Gasteiger partial charge on any atom is -0.396 e. The van der Waals surface area contributed by atoms with Crippen molar-refractivity contribution in [2.24, 2.45) is 0 Å². The lowest BCUT2D eigenvalue weighted by Crippen LogP contribution is -2.34. The van der Waals surface area contributed by atoms with Crippen molar-refractivity contribution in [2.45, 2.75) is 17.4 Å². The Bertz CT molecular complexity index is 501. The van der Waals surface area contributed by atoms with E-state index in [2.05, 4.69) is 5.32 Å². The predicted molar refractivity (Wildman–Crippen MR) is 62.6 cm³/mol. The predicted octanol–water partition coefficient (Wildman–Crippen LogP) is 1.29. The van der Waals surface area contributed by atoms with Crippen LogP contribution in [-0.4, -0.2) is 31.9 Å². The van der Waals surface area contributed by atoms with Crippen LogP contribution in [0.25, 0.3) is 0 Å². The summed E-state index contributed by atoms with van der Waals surface area (Å²) in [6, 6.07) is 4.51. The minimum absolute atomic E-state index is 0.000895. The standard InChI is InChI=1S/C10H12ClNO3S/c11-7-1-2-9-10(5-7)16(14,15)6-8(12-9)3-4-13/h1-2,5,8,12-13H,3-4,6H2. The lowest BCUT2D eigenvalue weighted by atomic mass is 10.2. The maximum absolute atomic E-state index is 11.9. The van der Waals surface area contributed by atoms with Crippen molar-refractivity contribution in [3.63, 3.8) is 0 Å². The quantitative estimate of drug-likeness (QED) is 0.842. The van der Waals surface area contributed by atoms with E-state index in [1.165, 1.54) is 6.07 Å². The zero-order chi connectivity index (χ0) is 11.8. The van der Waals surface area contributed by atoms with Crippen molar-refractivity contribution >= 4 is 27.1 Å². The smallest absolute Gasteiger partial charge is 0.182 e. The molecule has 0 saturated carbocycles. The molecule has 0 bridgehead atoms. The summed E-state index contributed by atoms with van der Waals surface area (Å²) < 4.78 is 23.9. The first-order chi connectivity index (χ1) is 7.53. The van der Waals surface area contributed by atoms with Crippen molar-refractivity contribution in [3.8, 4) is 0 Å². The first-order valence-electron chi connectivity index (χ1n) is 4.92. The Morgan fingerprint density at radius 2 is 2.25 bits per heavy atom. The lowest BCUT2D eigenvalue weighted by Gasteiger charge is -2.26. The third kappa shape index (κ3) is 2.16. The van der Waals surface area contributed by atoms with Crippen molar-refractivity contribution in [1.82, 2.24) is 0 Å². The summed E-state index contributed by atoms with van der Waals surface area (Å²) in [4.78, 5) is 0.245. The molecule has 88 valence electrons. The van der Waals surface area contributed by atoms with Gasteiger partial charge in [0, 0.05) is 17.7 Å². The van der Waals surface area contributed by atoms with Crippen LogP contribution in [0.3, 0.4) is 0 Å². The number of rotatable bonds is 2. The molecule has 0 amide bonds. The number of aliphatic hydroxyl groups is 1. The largest absolute Gasteiger partial charge is 0.396 e. The summed E-state index contributed by atoms with van der Waals surface area (Å²) in [6.45, 7) is -0.0316. The molecule has 2 rings (SSSR count). The molecular weight excluding hydrogens is 250 g/mol. The van der Waals surface area contributed by atoms with Crippen LogP contribution < -0.4 is 5.32 Å². The first-order valence-corrected chi connectivity index (χ1v) is 6.95. The topological polar surface area (TPSA) is 66.4 Å². The Morgan fingerprint density at radius 1 is 1.50 bits per heavy atom. The normalized spacial score (nSPS) is 22.2. The second-order valence-electron chi connectivity index (χ2n) is 3.78. The highest BCUT2D eigenvalue weighted by Crippen LogP contribution is 2.31. The van der Waals surface area contributed by atoms with Gasteiger partial charge in [-0.2, -0.15) is 0 Å². The maximum atomic E-state index is 11.9. The van der Waals surface area contributed by atoms with Crippen LogP contribution in [0.2, 0.25) is 5.02 Å². The van der Waals surface area contributed by atoms with Crippen LogP contribution in [-0.2, 0) is 9.84 Å². The Balaban J connectivity index is 2.44. The fourth-order valence-corrected chi connectivity index (χ4v) is 3.76. The molecule has 1 aliphatic rings. The number of halogens is 1. The fourth-order valence-electron chi connectivity index (χ4n) is 1.80. The molecule has 1 aliphatic heterocycles. The molecule has 6 heteroatoms. The molecular formula is C10H12ClNO3S. The van der Waals surface area contributed by atoms with E-state index < -0.39 is 9.84 Å². The SMILES string of the molecule is O=S1(=O)CC(CCO)Nc2ccc(Cl)cc21. The second-order valence-corrected chi connectivity index (χ2v) is 6.21. The molecule has 4 nitrogen and oxygen atoms in total. The highest BCUT2D eigenvalue weighted by atomic mass is 35.5. The van der Waals surface area contributed by atoms with Crippen LogP contribution >= 0.6 is 11.6 Å². The van der Waals surface area contributed by atoms with Gasteiger partial charge in [0.1, 0.15) is 0 Å². The van der Waals surface area contributed by atoms with Gasteiger partial charge in [-0.3, -0.25) is 0 Å². The minimum atomic E-state index is -3.29. The number of benzene rings is 1. The summed E-state index contributed by atoms with van der Waals surface area (Å²) >= 11 is 5.77. The molecule has 1 aromatic rings. The van der Waals surface area contributed by atoms with E-state index in [1.807, 2.05) is 0 Å². The summed E-state index contributed by atoms with van der Waals surface area (Å²) in [5.74, 6) is 0.000895. The van der Waals surface area contributed by atoms with E-state index in [4.69, 9.17) is 16.7 Å². The van der Waals surface area contributed by atoms with Gasteiger partial charge in [-0.25, -0.2) is 8.42 Å². The molecule has 0 spiro atoms. The maximum Gasteiger partial charge on any atom is 0.182 e. The number of hydrogen-bond acceptors (Lipinski definition) is 4. The molecule has 1 atom stereocenters. The summed E-state index contributed by atoms with van der Waals surface area (Å²) in [5.41, 5.74) is 0.564. The van der Waals surface area contributed by atoms with Crippen LogP contribution in [0.5, 0.6) is 0 Å². The molecule has 0 aromatic heterocycles. The van der Waals surface area contributed by atoms with E-state index >= 15 is 0 Å². The van der Waals surface area contributed by atoms with Crippen LogP contribution in [0.1, 0.15) is 6.42 Å². The van der Waals surface area contributed by atoms with E-state index in [0.29, 0.717) is 17.1 Å². The molecule has 2 N–H and O–H groups in total. The lowest BCUT2D eigenvalue weighted by molar-refractivity contribution is 0.282. The fraction of sp³-hybridized carbons (Fsp3) is 0.400. The van der Waals surface area contributed by atoms with Gasteiger partial charge in [0.2, 0.25) is 0 Å². The zero-order valence-corrected chi connectivity index (χ0v) is 10.1. The molecule has 16 heavy (non-hydrogen) atoms. The number of fused-ring (bicyclic) bond motifs is 1. The molecule has 1 heterocycles. The molecule has 0 saturated heterocycles. The average Bonchev–Trinajstić information content (AvgIpc) is 2.19. The molecule has 0 radical (unpaired) electrons. The Labute approximate surface area is 99.2 Å². The van der Waals surface area contributed by atoms with Gasteiger partial charge in [0.25, 0.3) is 0 Å². The highest BCUT2D eigenvalue weighted by Gasteiger charge is 2.29. The van der Waals surface area contributed by atoms with E-state index in [-0.39, 0.29) is 23.3 Å². The van der Waals surface area contributed by atoms with Crippen molar-refractivity contribution in [2.75, 3.05) is 17.7 Å². The molecule has 0 aliphatic carbocycles. The zero-order valence-electron chi connectivity index (χ0n) is 8.48. The third-order valence-electron chi connectivity index (χ3n) is 2.54. The Morgan fingerprint density at radius 3 is 2.94 bits per heavy atom. The monoisotopic (exact) mass is 261 g/mol. The van der Waals surface area contributed by atoms with Crippen LogP contribution in [0.4, 0.5) is 5.69 Å². The van der Waals surface area contributed by atoms with Crippen molar-refractivity contribution in [3.05, 3.63) is 23.2 Å².